The first-order valence-corrected chi connectivity index (χ1v) is 8.73. The zero-order chi connectivity index (χ0) is 18.1. The van der Waals surface area contributed by atoms with Crippen molar-refractivity contribution < 1.29 is 9.53 Å². The SMILES string of the molecule is Cc1ccc(COc2ccc(C3CC(=O)Nc4n[nH]c(C)c43)cc2)cc1. The van der Waals surface area contributed by atoms with Crippen LogP contribution in [0.4, 0.5) is 5.82 Å². The number of nitrogens with one attached hydrogen (secondary N) is 2. The van der Waals surface area contributed by atoms with Crippen molar-refractivity contribution in [3.05, 3.63) is 76.5 Å². The molecule has 0 aliphatic carbocycles. The van der Waals surface area contributed by atoms with Gasteiger partial charge in [0.25, 0.3) is 0 Å². The predicted octanol–water partition coefficient (Wildman–Crippen LogP) is 4.08. The Balaban J connectivity index is 1.50. The summed E-state index contributed by atoms with van der Waals surface area (Å²) in [5.41, 5.74) is 5.53. The highest BCUT2D eigenvalue weighted by Crippen LogP contribution is 2.38. The van der Waals surface area contributed by atoms with E-state index in [0.717, 1.165) is 28.1 Å². The molecule has 2 N–H and O–H groups in total. The van der Waals surface area contributed by atoms with E-state index in [0.29, 0.717) is 18.8 Å². The topological polar surface area (TPSA) is 67.0 Å². The van der Waals surface area contributed by atoms with E-state index in [1.165, 1.54) is 5.56 Å². The van der Waals surface area contributed by atoms with Gasteiger partial charge in [0.15, 0.2) is 5.82 Å². The Kier molecular flexibility index (Phi) is 4.21. The highest BCUT2D eigenvalue weighted by molar-refractivity contribution is 5.94. The maximum atomic E-state index is 12.0. The molecule has 0 bridgehead atoms. The number of rotatable bonds is 4. The highest BCUT2D eigenvalue weighted by Gasteiger charge is 2.30. The van der Waals surface area contributed by atoms with Crippen LogP contribution in [0.1, 0.15) is 40.3 Å². The van der Waals surface area contributed by atoms with Crippen molar-refractivity contribution in [2.45, 2.75) is 32.8 Å². The van der Waals surface area contributed by atoms with Crippen LogP contribution < -0.4 is 10.1 Å². The first-order valence-electron chi connectivity index (χ1n) is 8.73. The summed E-state index contributed by atoms with van der Waals surface area (Å²) in [5, 5.41) is 9.98. The van der Waals surface area contributed by atoms with Gasteiger partial charge in [0.2, 0.25) is 5.91 Å². The fourth-order valence-corrected chi connectivity index (χ4v) is 3.36. The van der Waals surface area contributed by atoms with Crippen molar-refractivity contribution in [3.63, 3.8) is 0 Å². The van der Waals surface area contributed by atoms with Crippen molar-refractivity contribution >= 4 is 11.7 Å². The molecular weight excluding hydrogens is 326 g/mol. The summed E-state index contributed by atoms with van der Waals surface area (Å²) >= 11 is 0. The van der Waals surface area contributed by atoms with Gasteiger partial charge in [-0.3, -0.25) is 9.89 Å². The maximum Gasteiger partial charge on any atom is 0.226 e. The van der Waals surface area contributed by atoms with E-state index in [1.54, 1.807) is 0 Å². The molecule has 0 radical (unpaired) electrons. The molecule has 1 amide bonds. The van der Waals surface area contributed by atoms with Crippen LogP contribution in [0.25, 0.3) is 0 Å². The number of aromatic nitrogens is 2. The van der Waals surface area contributed by atoms with Crippen molar-refractivity contribution in [2.75, 3.05) is 5.32 Å². The van der Waals surface area contributed by atoms with Gasteiger partial charge in [0, 0.05) is 23.6 Å². The number of aromatic amines is 1. The molecule has 5 heteroatoms. The number of fused-ring (bicyclic) bond motifs is 1. The lowest BCUT2D eigenvalue weighted by Gasteiger charge is -2.23. The van der Waals surface area contributed by atoms with Gasteiger partial charge in [0.05, 0.1) is 0 Å². The Bertz CT molecular complexity index is 927. The van der Waals surface area contributed by atoms with Gasteiger partial charge in [0.1, 0.15) is 12.4 Å². The van der Waals surface area contributed by atoms with Gasteiger partial charge >= 0.3 is 0 Å². The number of H-pyrrole nitrogens is 1. The number of benzene rings is 2. The number of nitrogens with zero attached hydrogens (tertiary/aromatic N) is 1. The number of hydrogen-bond acceptors (Lipinski definition) is 3. The molecule has 4 rings (SSSR count). The highest BCUT2D eigenvalue weighted by atomic mass is 16.5. The summed E-state index contributed by atoms with van der Waals surface area (Å²) in [6, 6.07) is 16.3. The number of carbonyl (C=O) groups excluding carboxylic acids is 1. The van der Waals surface area contributed by atoms with Gasteiger partial charge in [-0.15, -0.1) is 0 Å². The Hall–Kier alpha value is -3.08. The minimum atomic E-state index is -0.00584. The molecule has 2 aromatic carbocycles. The summed E-state index contributed by atoms with van der Waals surface area (Å²) < 4.78 is 5.88. The van der Waals surface area contributed by atoms with E-state index in [2.05, 4.69) is 46.7 Å². The zero-order valence-corrected chi connectivity index (χ0v) is 14.9. The molecule has 3 aromatic rings. The van der Waals surface area contributed by atoms with Crippen LogP contribution >= 0.6 is 0 Å². The molecule has 5 nitrogen and oxygen atoms in total. The van der Waals surface area contributed by atoms with Gasteiger partial charge < -0.3 is 10.1 Å². The molecule has 0 spiro atoms. The lowest BCUT2D eigenvalue weighted by molar-refractivity contribution is -0.116. The maximum absolute atomic E-state index is 12.0. The standard InChI is InChI=1S/C21H21N3O2/c1-13-3-5-15(6-4-13)12-26-17-9-7-16(8-10-17)18-11-19(25)22-21-20(18)14(2)23-24-21/h3-10,18H,11-12H2,1-2H3,(H2,22,23,24,25). The lowest BCUT2D eigenvalue weighted by Crippen LogP contribution is -2.23. The largest absolute Gasteiger partial charge is 0.489 e. The number of aryl methyl sites for hydroxylation is 2. The molecule has 1 aliphatic heterocycles. The van der Waals surface area contributed by atoms with E-state index in [9.17, 15) is 4.79 Å². The summed E-state index contributed by atoms with van der Waals surface area (Å²) in [7, 11) is 0. The van der Waals surface area contributed by atoms with E-state index < -0.39 is 0 Å². The molecular formula is C21H21N3O2. The monoisotopic (exact) mass is 347 g/mol. The number of hydrogen-bond donors (Lipinski definition) is 2. The van der Waals surface area contributed by atoms with Crippen LogP contribution in [0.3, 0.4) is 0 Å². The van der Waals surface area contributed by atoms with Crippen LogP contribution in [0.5, 0.6) is 5.75 Å². The molecule has 132 valence electrons. The average Bonchev–Trinajstić information content (AvgIpc) is 3.02. The second-order valence-electron chi connectivity index (χ2n) is 6.76. The molecule has 26 heavy (non-hydrogen) atoms. The molecule has 0 saturated heterocycles. The van der Waals surface area contributed by atoms with Crippen LogP contribution in [0, 0.1) is 13.8 Å². The summed E-state index contributed by atoms with van der Waals surface area (Å²) in [6.45, 7) is 4.59. The van der Waals surface area contributed by atoms with E-state index >= 15 is 0 Å². The van der Waals surface area contributed by atoms with Crippen LogP contribution in [0.2, 0.25) is 0 Å². The molecule has 1 unspecified atom stereocenters. The van der Waals surface area contributed by atoms with E-state index in [-0.39, 0.29) is 11.8 Å². The van der Waals surface area contributed by atoms with Gasteiger partial charge in [-0.25, -0.2) is 0 Å². The smallest absolute Gasteiger partial charge is 0.226 e. The van der Waals surface area contributed by atoms with Crippen molar-refractivity contribution in [2.24, 2.45) is 0 Å². The normalized spacial score (nSPS) is 16.1. The third kappa shape index (κ3) is 3.20. The Morgan fingerprint density at radius 3 is 2.54 bits per heavy atom. The van der Waals surface area contributed by atoms with Crippen LogP contribution in [0.15, 0.2) is 48.5 Å². The fourth-order valence-electron chi connectivity index (χ4n) is 3.36. The zero-order valence-electron chi connectivity index (χ0n) is 14.9. The minimum Gasteiger partial charge on any atom is -0.489 e. The molecule has 0 saturated carbocycles. The number of amides is 1. The van der Waals surface area contributed by atoms with E-state index in [1.807, 2.05) is 31.2 Å². The first-order chi connectivity index (χ1) is 12.6. The van der Waals surface area contributed by atoms with Gasteiger partial charge in [-0.2, -0.15) is 5.10 Å². The van der Waals surface area contributed by atoms with Crippen LogP contribution in [-0.2, 0) is 11.4 Å². The second-order valence-corrected chi connectivity index (χ2v) is 6.76. The summed E-state index contributed by atoms with van der Waals surface area (Å²) in [5.74, 6) is 1.47. The van der Waals surface area contributed by atoms with Gasteiger partial charge in [-0.1, -0.05) is 42.0 Å². The van der Waals surface area contributed by atoms with Gasteiger partial charge in [-0.05, 0) is 37.1 Å². The minimum absolute atomic E-state index is 0.00584. The third-order valence-corrected chi connectivity index (χ3v) is 4.80. The van der Waals surface area contributed by atoms with E-state index in [4.69, 9.17) is 4.74 Å². The van der Waals surface area contributed by atoms with Crippen molar-refractivity contribution in [1.29, 1.82) is 0 Å². The fraction of sp³-hybridized carbons (Fsp3) is 0.238. The molecule has 2 heterocycles. The number of ether oxygens (including phenoxy) is 1. The van der Waals surface area contributed by atoms with Crippen LogP contribution in [-0.4, -0.2) is 16.1 Å². The second kappa shape index (κ2) is 6.67. The third-order valence-electron chi connectivity index (χ3n) is 4.80. The van der Waals surface area contributed by atoms with Crippen molar-refractivity contribution in [1.82, 2.24) is 10.2 Å². The Morgan fingerprint density at radius 1 is 1.08 bits per heavy atom. The first kappa shape index (κ1) is 16.4. The molecule has 1 atom stereocenters. The number of carbonyl (C=O) groups is 1. The summed E-state index contributed by atoms with van der Waals surface area (Å²) in [6.07, 6.45) is 0.428. The molecule has 0 fully saturated rings. The molecule has 1 aromatic heterocycles. The Labute approximate surface area is 152 Å². The van der Waals surface area contributed by atoms with Crippen molar-refractivity contribution in [3.8, 4) is 5.75 Å². The predicted molar refractivity (Wildman–Crippen MR) is 100 cm³/mol. The number of anilines is 1. The Morgan fingerprint density at radius 2 is 1.81 bits per heavy atom. The average molecular weight is 347 g/mol. The summed E-state index contributed by atoms with van der Waals surface area (Å²) in [4.78, 5) is 12.0. The lowest BCUT2D eigenvalue weighted by atomic mass is 9.86. The quantitative estimate of drug-likeness (QED) is 0.747. The molecule has 1 aliphatic rings.